The van der Waals surface area contributed by atoms with Gasteiger partial charge in [-0.15, -0.1) is 0 Å². The number of hydrogen-bond acceptors (Lipinski definition) is 0. The van der Waals surface area contributed by atoms with E-state index in [2.05, 4.69) is 73.7 Å². The first kappa shape index (κ1) is 16.5. The predicted molar refractivity (Wildman–Crippen MR) is 98.7 cm³/mol. The molecule has 22 heavy (non-hydrogen) atoms. The van der Waals surface area contributed by atoms with Crippen LogP contribution in [0.4, 0.5) is 0 Å². The van der Waals surface area contributed by atoms with Crippen molar-refractivity contribution < 1.29 is 0 Å². The van der Waals surface area contributed by atoms with Gasteiger partial charge < -0.3 is 0 Å². The summed E-state index contributed by atoms with van der Waals surface area (Å²) in [5, 5.41) is 0. The zero-order valence-electron chi connectivity index (χ0n) is 13.8. The summed E-state index contributed by atoms with van der Waals surface area (Å²) in [6, 6.07) is 21.5. The molecule has 0 amide bonds. The van der Waals surface area contributed by atoms with Crippen LogP contribution in [0.3, 0.4) is 0 Å². The second kappa shape index (κ2) is 10.00. The van der Waals surface area contributed by atoms with Crippen molar-refractivity contribution in [2.45, 2.75) is 51.9 Å². The molecule has 0 heterocycles. The van der Waals surface area contributed by atoms with Crippen molar-refractivity contribution in [3.63, 3.8) is 0 Å². The van der Waals surface area contributed by atoms with Gasteiger partial charge in [-0.25, -0.2) is 0 Å². The van der Waals surface area contributed by atoms with Crippen molar-refractivity contribution in [2.24, 2.45) is 0 Å². The Hall–Kier alpha value is -1.82. The highest BCUT2D eigenvalue weighted by Crippen LogP contribution is 2.24. The molecule has 0 unspecified atom stereocenters. The zero-order chi connectivity index (χ0) is 15.5. The lowest BCUT2D eigenvalue weighted by atomic mass is 9.97. The fourth-order valence-corrected chi connectivity index (χ4v) is 2.80. The average Bonchev–Trinajstić information content (AvgIpc) is 2.58. The minimum Gasteiger partial charge on any atom is -0.0654 e. The molecule has 0 N–H and O–H groups in total. The van der Waals surface area contributed by atoms with Gasteiger partial charge in [-0.05, 0) is 29.5 Å². The Morgan fingerprint density at radius 1 is 0.727 bits per heavy atom. The molecule has 2 rings (SSSR count). The maximum absolute atomic E-state index is 2.35. The van der Waals surface area contributed by atoms with E-state index in [-0.39, 0.29) is 0 Å². The molecule has 0 nitrogen and oxygen atoms in total. The average molecular weight is 292 g/mol. The van der Waals surface area contributed by atoms with Crippen molar-refractivity contribution >= 4 is 11.6 Å². The van der Waals surface area contributed by atoms with Crippen molar-refractivity contribution in [1.29, 1.82) is 0 Å². The Morgan fingerprint density at radius 2 is 1.32 bits per heavy atom. The SMILES string of the molecule is CCCCCCCC/C(=C/c1ccccc1)c1ccccc1. The topological polar surface area (TPSA) is 0 Å². The van der Waals surface area contributed by atoms with E-state index in [1.165, 1.54) is 61.6 Å². The van der Waals surface area contributed by atoms with Crippen LogP contribution in [-0.4, -0.2) is 0 Å². The lowest BCUT2D eigenvalue weighted by Crippen LogP contribution is -1.87. The van der Waals surface area contributed by atoms with E-state index in [4.69, 9.17) is 0 Å². The quantitative estimate of drug-likeness (QED) is 0.345. The molecule has 0 atom stereocenters. The molecule has 0 saturated carbocycles. The van der Waals surface area contributed by atoms with E-state index in [0.29, 0.717) is 0 Å². The molecule has 0 aliphatic rings. The summed E-state index contributed by atoms with van der Waals surface area (Å²) in [7, 11) is 0. The normalized spacial score (nSPS) is 11.6. The highest BCUT2D eigenvalue weighted by Gasteiger charge is 2.02. The van der Waals surface area contributed by atoms with Gasteiger partial charge in [0.15, 0.2) is 0 Å². The van der Waals surface area contributed by atoms with Crippen LogP contribution in [0.5, 0.6) is 0 Å². The molecule has 2 aromatic carbocycles. The highest BCUT2D eigenvalue weighted by molar-refractivity contribution is 5.81. The van der Waals surface area contributed by atoms with Crippen molar-refractivity contribution in [3.8, 4) is 0 Å². The second-order valence-corrected chi connectivity index (χ2v) is 5.96. The number of allylic oxidation sites excluding steroid dienone is 1. The van der Waals surface area contributed by atoms with Crippen molar-refractivity contribution in [1.82, 2.24) is 0 Å². The number of rotatable bonds is 9. The molecule has 0 heteroatoms. The smallest absolute Gasteiger partial charge is 0.0224 e. The largest absolute Gasteiger partial charge is 0.0654 e. The van der Waals surface area contributed by atoms with Crippen LogP contribution in [-0.2, 0) is 0 Å². The van der Waals surface area contributed by atoms with Gasteiger partial charge in [0.2, 0.25) is 0 Å². The summed E-state index contributed by atoms with van der Waals surface area (Å²) in [4.78, 5) is 0. The Morgan fingerprint density at radius 3 is 2.00 bits per heavy atom. The monoisotopic (exact) mass is 292 g/mol. The summed E-state index contributed by atoms with van der Waals surface area (Å²) in [5.41, 5.74) is 4.12. The van der Waals surface area contributed by atoms with E-state index in [0.717, 1.165) is 0 Å². The van der Waals surface area contributed by atoms with Crippen LogP contribution in [0.2, 0.25) is 0 Å². The first-order chi connectivity index (χ1) is 10.9. The molecule has 2 aromatic rings. The first-order valence-corrected chi connectivity index (χ1v) is 8.71. The third-order valence-electron chi connectivity index (χ3n) is 4.08. The van der Waals surface area contributed by atoms with E-state index in [1.54, 1.807) is 0 Å². The molecule has 0 aromatic heterocycles. The molecule has 0 saturated heterocycles. The van der Waals surface area contributed by atoms with Crippen LogP contribution >= 0.6 is 0 Å². The number of benzene rings is 2. The Labute approximate surface area is 135 Å². The summed E-state index contributed by atoms with van der Waals surface area (Å²) in [6.07, 6.45) is 11.6. The fourth-order valence-electron chi connectivity index (χ4n) is 2.80. The van der Waals surface area contributed by atoms with E-state index in [1.807, 2.05) is 0 Å². The summed E-state index contributed by atoms with van der Waals surface area (Å²) in [6.45, 7) is 2.27. The molecular weight excluding hydrogens is 264 g/mol. The van der Waals surface area contributed by atoms with Gasteiger partial charge in [-0.1, -0.05) is 106 Å². The van der Waals surface area contributed by atoms with Crippen molar-refractivity contribution in [2.75, 3.05) is 0 Å². The summed E-state index contributed by atoms with van der Waals surface area (Å²) < 4.78 is 0. The molecule has 0 radical (unpaired) electrons. The third kappa shape index (κ3) is 5.89. The van der Waals surface area contributed by atoms with Crippen molar-refractivity contribution in [3.05, 3.63) is 71.8 Å². The van der Waals surface area contributed by atoms with Gasteiger partial charge in [-0.3, -0.25) is 0 Å². The lowest BCUT2D eigenvalue weighted by Gasteiger charge is -2.09. The summed E-state index contributed by atoms with van der Waals surface area (Å²) in [5.74, 6) is 0. The zero-order valence-corrected chi connectivity index (χ0v) is 13.8. The summed E-state index contributed by atoms with van der Waals surface area (Å²) >= 11 is 0. The Bertz CT molecular complexity index is 537. The fraction of sp³-hybridized carbons (Fsp3) is 0.364. The minimum absolute atomic E-state index is 1.17. The van der Waals surface area contributed by atoms with Crippen LogP contribution < -0.4 is 0 Å². The lowest BCUT2D eigenvalue weighted by molar-refractivity contribution is 0.613. The van der Waals surface area contributed by atoms with Crippen LogP contribution in [0.1, 0.15) is 63.0 Å². The predicted octanol–water partition coefficient (Wildman–Crippen LogP) is 6.98. The molecule has 0 bridgehead atoms. The van der Waals surface area contributed by atoms with Gasteiger partial charge in [0.25, 0.3) is 0 Å². The molecule has 0 aliphatic carbocycles. The van der Waals surface area contributed by atoms with Gasteiger partial charge in [0.05, 0.1) is 0 Å². The van der Waals surface area contributed by atoms with E-state index in [9.17, 15) is 0 Å². The third-order valence-corrected chi connectivity index (χ3v) is 4.08. The maximum Gasteiger partial charge on any atom is -0.0224 e. The Kier molecular flexibility index (Phi) is 7.52. The van der Waals surface area contributed by atoms with Gasteiger partial charge in [0, 0.05) is 0 Å². The molecule has 0 fully saturated rings. The maximum atomic E-state index is 2.35. The van der Waals surface area contributed by atoms with Crippen LogP contribution in [0, 0.1) is 0 Å². The molecule has 116 valence electrons. The van der Waals surface area contributed by atoms with E-state index < -0.39 is 0 Å². The number of hydrogen-bond donors (Lipinski definition) is 0. The van der Waals surface area contributed by atoms with Gasteiger partial charge >= 0.3 is 0 Å². The number of unbranched alkanes of at least 4 members (excludes halogenated alkanes) is 5. The van der Waals surface area contributed by atoms with Gasteiger partial charge in [0.1, 0.15) is 0 Å². The second-order valence-electron chi connectivity index (χ2n) is 5.96. The van der Waals surface area contributed by atoms with Crippen LogP contribution in [0.15, 0.2) is 60.7 Å². The highest BCUT2D eigenvalue weighted by atomic mass is 14.1. The standard InChI is InChI=1S/C22H28/c1-2-3-4-5-6-11-18-22(21-16-12-8-13-17-21)19-20-14-9-7-10-15-20/h7-10,12-17,19H,2-6,11,18H2,1H3/b22-19-. The van der Waals surface area contributed by atoms with Crippen LogP contribution in [0.25, 0.3) is 11.6 Å². The van der Waals surface area contributed by atoms with E-state index >= 15 is 0 Å². The minimum atomic E-state index is 1.17. The van der Waals surface area contributed by atoms with Gasteiger partial charge in [-0.2, -0.15) is 0 Å². The first-order valence-electron chi connectivity index (χ1n) is 8.71. The molecular formula is C22H28. The Balaban J connectivity index is 1.99. The molecule has 0 aliphatic heterocycles. The molecule has 0 spiro atoms.